The first kappa shape index (κ1) is 12.8. The molecule has 0 aliphatic rings. The lowest BCUT2D eigenvalue weighted by Crippen LogP contribution is -2.32. The van der Waals surface area contributed by atoms with E-state index in [-0.39, 0.29) is 6.04 Å². The lowest BCUT2D eigenvalue weighted by Gasteiger charge is -2.15. The fraction of sp³-hybridized carbons (Fsp3) is 1.00. The van der Waals surface area contributed by atoms with Crippen molar-refractivity contribution < 1.29 is 14.2 Å². The second-order valence-corrected chi connectivity index (χ2v) is 3.30. The van der Waals surface area contributed by atoms with E-state index in [9.17, 15) is 0 Å². The Morgan fingerprint density at radius 1 is 1.15 bits per heavy atom. The van der Waals surface area contributed by atoms with Crippen molar-refractivity contribution in [2.45, 2.75) is 19.9 Å². The number of hydrogen-bond acceptors (Lipinski definition) is 4. The van der Waals surface area contributed by atoms with E-state index < -0.39 is 0 Å². The third-order valence-corrected chi connectivity index (χ3v) is 1.77. The van der Waals surface area contributed by atoms with Crippen LogP contribution in [0.4, 0.5) is 0 Å². The minimum atomic E-state index is 0.0889. The van der Waals surface area contributed by atoms with Crippen LogP contribution in [0.3, 0.4) is 0 Å². The van der Waals surface area contributed by atoms with Crippen molar-refractivity contribution in [1.82, 2.24) is 0 Å². The van der Waals surface area contributed by atoms with Gasteiger partial charge < -0.3 is 19.9 Å². The SMILES string of the molecule is COCCOCOC[C@@H](N)C(C)C. The maximum absolute atomic E-state index is 5.75. The van der Waals surface area contributed by atoms with Crippen molar-refractivity contribution >= 4 is 0 Å². The van der Waals surface area contributed by atoms with Crippen LogP contribution in [0, 0.1) is 5.92 Å². The Bertz CT molecular complexity index is 109. The van der Waals surface area contributed by atoms with Gasteiger partial charge in [0.15, 0.2) is 0 Å². The zero-order valence-electron chi connectivity index (χ0n) is 8.79. The first-order valence-electron chi connectivity index (χ1n) is 4.58. The summed E-state index contributed by atoms with van der Waals surface area (Å²) in [5.74, 6) is 0.443. The van der Waals surface area contributed by atoms with Crippen LogP contribution in [0.25, 0.3) is 0 Å². The molecule has 0 saturated carbocycles. The summed E-state index contributed by atoms with van der Waals surface area (Å²) in [6.45, 7) is 6.14. The highest BCUT2D eigenvalue weighted by Gasteiger charge is 2.06. The minimum absolute atomic E-state index is 0.0889. The third-order valence-electron chi connectivity index (χ3n) is 1.77. The van der Waals surface area contributed by atoms with Gasteiger partial charge in [-0.15, -0.1) is 0 Å². The molecule has 0 aliphatic heterocycles. The van der Waals surface area contributed by atoms with Gasteiger partial charge in [0.1, 0.15) is 6.79 Å². The van der Waals surface area contributed by atoms with Crippen LogP contribution < -0.4 is 5.73 Å². The molecule has 1 atom stereocenters. The fourth-order valence-electron chi connectivity index (χ4n) is 0.637. The minimum Gasteiger partial charge on any atom is -0.382 e. The van der Waals surface area contributed by atoms with Gasteiger partial charge in [0.25, 0.3) is 0 Å². The summed E-state index contributed by atoms with van der Waals surface area (Å²) in [5, 5.41) is 0. The molecule has 4 nitrogen and oxygen atoms in total. The maximum Gasteiger partial charge on any atom is 0.146 e. The Morgan fingerprint density at radius 3 is 2.38 bits per heavy atom. The smallest absolute Gasteiger partial charge is 0.146 e. The van der Waals surface area contributed by atoms with Gasteiger partial charge in [0, 0.05) is 13.2 Å². The summed E-state index contributed by atoms with van der Waals surface area (Å²) < 4.78 is 15.1. The molecule has 0 unspecified atom stereocenters. The van der Waals surface area contributed by atoms with Crippen LogP contribution in [-0.4, -0.2) is 39.8 Å². The summed E-state index contributed by atoms with van der Waals surface area (Å²) in [4.78, 5) is 0. The normalized spacial score (nSPS) is 13.6. The van der Waals surface area contributed by atoms with Gasteiger partial charge in [-0.1, -0.05) is 13.8 Å². The predicted molar refractivity (Wildman–Crippen MR) is 51.5 cm³/mol. The van der Waals surface area contributed by atoms with Gasteiger partial charge in [-0.05, 0) is 5.92 Å². The van der Waals surface area contributed by atoms with Crippen LogP contribution in [0.5, 0.6) is 0 Å². The molecule has 0 bridgehead atoms. The Labute approximate surface area is 80.3 Å². The summed E-state index contributed by atoms with van der Waals surface area (Å²) in [6, 6.07) is 0.0889. The molecule has 4 heteroatoms. The van der Waals surface area contributed by atoms with Crippen LogP contribution >= 0.6 is 0 Å². The van der Waals surface area contributed by atoms with Crippen molar-refractivity contribution in [2.75, 3.05) is 33.7 Å². The van der Waals surface area contributed by atoms with Crippen molar-refractivity contribution in [1.29, 1.82) is 0 Å². The molecule has 0 spiro atoms. The van der Waals surface area contributed by atoms with Crippen LogP contribution in [0.15, 0.2) is 0 Å². The molecule has 0 radical (unpaired) electrons. The molecular weight excluding hydrogens is 170 g/mol. The Morgan fingerprint density at radius 2 is 1.85 bits per heavy atom. The first-order chi connectivity index (χ1) is 6.18. The highest BCUT2D eigenvalue weighted by molar-refractivity contribution is 4.62. The highest BCUT2D eigenvalue weighted by Crippen LogP contribution is 1.98. The quantitative estimate of drug-likeness (QED) is 0.451. The second kappa shape index (κ2) is 8.44. The standard InChI is InChI=1S/C9H21NO3/c1-8(2)9(10)6-13-7-12-5-4-11-3/h8-9H,4-7,10H2,1-3H3/t9-/m1/s1. The van der Waals surface area contributed by atoms with Crippen molar-refractivity contribution in [3.63, 3.8) is 0 Å². The van der Waals surface area contributed by atoms with E-state index in [2.05, 4.69) is 13.8 Å². The molecule has 0 aromatic heterocycles. The summed E-state index contributed by atoms with van der Waals surface area (Å²) >= 11 is 0. The van der Waals surface area contributed by atoms with Crippen molar-refractivity contribution in [3.8, 4) is 0 Å². The molecule has 13 heavy (non-hydrogen) atoms. The molecule has 0 amide bonds. The molecule has 0 heterocycles. The molecule has 2 N–H and O–H groups in total. The average molecular weight is 191 g/mol. The molecule has 0 rings (SSSR count). The van der Waals surface area contributed by atoms with E-state index in [1.165, 1.54) is 0 Å². The largest absolute Gasteiger partial charge is 0.382 e. The van der Waals surface area contributed by atoms with Gasteiger partial charge in [0.05, 0.1) is 19.8 Å². The van der Waals surface area contributed by atoms with E-state index in [4.69, 9.17) is 19.9 Å². The number of hydrogen-bond donors (Lipinski definition) is 1. The average Bonchev–Trinajstić information content (AvgIpc) is 2.10. The van der Waals surface area contributed by atoms with E-state index in [1.54, 1.807) is 7.11 Å². The molecule has 0 saturated heterocycles. The van der Waals surface area contributed by atoms with E-state index in [0.29, 0.717) is 32.5 Å². The summed E-state index contributed by atoms with van der Waals surface area (Å²) in [7, 11) is 1.64. The van der Waals surface area contributed by atoms with Gasteiger partial charge in [-0.25, -0.2) is 0 Å². The highest BCUT2D eigenvalue weighted by atomic mass is 16.7. The lowest BCUT2D eigenvalue weighted by molar-refractivity contribution is -0.0709. The van der Waals surface area contributed by atoms with Gasteiger partial charge in [-0.2, -0.15) is 0 Å². The monoisotopic (exact) mass is 191 g/mol. The number of nitrogens with two attached hydrogens (primary N) is 1. The molecule has 0 aromatic carbocycles. The van der Waals surface area contributed by atoms with Crippen LogP contribution in [0.1, 0.15) is 13.8 Å². The van der Waals surface area contributed by atoms with Crippen LogP contribution in [-0.2, 0) is 14.2 Å². The molecule has 0 aromatic rings. The van der Waals surface area contributed by atoms with E-state index in [1.807, 2.05) is 0 Å². The van der Waals surface area contributed by atoms with Crippen LogP contribution in [0.2, 0.25) is 0 Å². The zero-order valence-corrected chi connectivity index (χ0v) is 8.79. The number of rotatable bonds is 8. The van der Waals surface area contributed by atoms with Crippen molar-refractivity contribution in [2.24, 2.45) is 11.7 Å². The van der Waals surface area contributed by atoms with Gasteiger partial charge in [-0.3, -0.25) is 0 Å². The zero-order chi connectivity index (χ0) is 10.1. The molecule has 80 valence electrons. The molecule has 0 fully saturated rings. The summed E-state index contributed by atoms with van der Waals surface area (Å²) in [6.07, 6.45) is 0. The Kier molecular flexibility index (Phi) is 8.33. The van der Waals surface area contributed by atoms with Crippen molar-refractivity contribution in [3.05, 3.63) is 0 Å². The maximum atomic E-state index is 5.75. The van der Waals surface area contributed by atoms with Gasteiger partial charge >= 0.3 is 0 Å². The Balaban J connectivity index is 3.07. The first-order valence-corrected chi connectivity index (χ1v) is 4.58. The third kappa shape index (κ3) is 8.18. The molecule has 0 aliphatic carbocycles. The second-order valence-electron chi connectivity index (χ2n) is 3.30. The summed E-state index contributed by atoms with van der Waals surface area (Å²) in [5.41, 5.74) is 5.75. The number of ether oxygens (including phenoxy) is 3. The molecular formula is C9H21NO3. The van der Waals surface area contributed by atoms with E-state index in [0.717, 1.165) is 0 Å². The lowest BCUT2D eigenvalue weighted by atomic mass is 10.1. The predicted octanol–water partition coefficient (Wildman–Crippen LogP) is 0.607. The van der Waals surface area contributed by atoms with E-state index >= 15 is 0 Å². The van der Waals surface area contributed by atoms with Gasteiger partial charge in [0.2, 0.25) is 0 Å². The topological polar surface area (TPSA) is 53.7 Å². The fourth-order valence-corrected chi connectivity index (χ4v) is 0.637. The number of methoxy groups -OCH3 is 1. The Hall–Kier alpha value is -0.160.